The van der Waals surface area contributed by atoms with Crippen LogP contribution in [0.5, 0.6) is 0 Å². The third-order valence-electron chi connectivity index (χ3n) is 6.96. The number of alkyl halides is 6. The Morgan fingerprint density at radius 3 is 1.38 bits per heavy atom. The van der Waals surface area contributed by atoms with Crippen molar-refractivity contribution < 1.29 is 36.2 Å². The summed E-state index contributed by atoms with van der Waals surface area (Å²) in [5.74, 6) is 0. The quantitative estimate of drug-likeness (QED) is 0.0641. The molecule has 0 saturated carbocycles. The first-order valence-corrected chi connectivity index (χ1v) is 18.1. The number of aromatic nitrogens is 2. The van der Waals surface area contributed by atoms with E-state index in [9.17, 15) is 46.6 Å². The highest BCUT2D eigenvalue weighted by Gasteiger charge is 2.35. The predicted octanol–water partition coefficient (Wildman–Crippen LogP) is 12.2. The monoisotopic (exact) mass is 800 g/mol. The van der Waals surface area contributed by atoms with Gasteiger partial charge in [-0.3, -0.25) is 20.2 Å². The topological polar surface area (TPSA) is 137 Å². The molecule has 0 spiro atoms. The van der Waals surface area contributed by atoms with Gasteiger partial charge in [0.05, 0.1) is 42.7 Å². The molecule has 254 valence electrons. The van der Waals surface area contributed by atoms with E-state index >= 15 is 0 Å². The number of nitro benzene ring substituents is 2. The maximum Gasteiger partial charge on any atom is 0.446 e. The lowest BCUT2D eigenvalue weighted by atomic mass is 10.0. The van der Waals surface area contributed by atoms with E-state index < -0.39 is 65.6 Å². The van der Waals surface area contributed by atoms with E-state index in [1.807, 2.05) is 0 Å². The van der Waals surface area contributed by atoms with Crippen molar-refractivity contribution in [2.24, 2.45) is 8.73 Å². The molecular formula is C28H10F6N6O4S6. The Bertz CT molecular complexity index is 2290. The highest BCUT2D eigenvalue weighted by Crippen LogP contribution is 2.55. The van der Waals surface area contributed by atoms with Gasteiger partial charge in [-0.1, -0.05) is 0 Å². The molecule has 0 bridgehead atoms. The molecule has 1 aliphatic heterocycles. The summed E-state index contributed by atoms with van der Waals surface area (Å²) in [5, 5.41) is 22.8. The smallest absolute Gasteiger partial charge is 0.258 e. The van der Waals surface area contributed by atoms with E-state index in [-0.39, 0.29) is 0 Å². The summed E-state index contributed by atoms with van der Waals surface area (Å²) >= 11 is 3.15. The van der Waals surface area contributed by atoms with Gasteiger partial charge in [0.1, 0.15) is 22.4 Å². The van der Waals surface area contributed by atoms with Crippen molar-refractivity contribution in [2.45, 2.75) is 20.8 Å². The standard InChI is InChI=1S/C28H10F6N6O4S6/c29-27(30,31)47-19-9-11(1-3-13(19)39(41)42)15-5-7-17(45-15)21-23-25(37-49-35-23)22(26-24(21)36-50-38-26)18-8-6-16(46-18)12-2-4-14(40(43)44)20(10-12)48-28(32,33)34/h1-10H. The molecule has 6 aromatic rings. The van der Waals surface area contributed by atoms with Crippen molar-refractivity contribution in [1.82, 2.24) is 8.75 Å². The van der Waals surface area contributed by atoms with Crippen LogP contribution in [0.4, 0.5) is 49.1 Å². The van der Waals surface area contributed by atoms with Crippen molar-refractivity contribution in [2.75, 3.05) is 0 Å². The molecule has 7 rings (SSSR count). The first-order valence-electron chi connectivity index (χ1n) is 13.4. The lowest BCUT2D eigenvalue weighted by Crippen LogP contribution is -2.01. The maximum absolute atomic E-state index is 13.2. The van der Waals surface area contributed by atoms with Gasteiger partial charge < -0.3 is 0 Å². The summed E-state index contributed by atoms with van der Waals surface area (Å²) < 4.78 is 97.2. The van der Waals surface area contributed by atoms with Gasteiger partial charge >= 0.3 is 11.0 Å². The van der Waals surface area contributed by atoms with E-state index in [4.69, 9.17) is 0 Å². The molecule has 0 amide bonds. The summed E-state index contributed by atoms with van der Waals surface area (Å²) in [6, 6.07) is 13.9. The zero-order valence-corrected chi connectivity index (χ0v) is 28.7. The number of nitro groups is 2. The van der Waals surface area contributed by atoms with Crippen LogP contribution in [0.15, 0.2) is 79.2 Å². The third kappa shape index (κ3) is 6.65. The van der Waals surface area contributed by atoms with Crippen LogP contribution >= 0.6 is 57.9 Å². The van der Waals surface area contributed by atoms with Gasteiger partial charge in [-0.05, 0) is 83.2 Å². The molecule has 3 aromatic carbocycles. The fraction of sp³-hybridized carbons (Fsp3) is 0.0714. The van der Waals surface area contributed by atoms with Crippen LogP contribution in [-0.4, -0.2) is 29.6 Å². The number of thioether (sulfide) groups is 2. The van der Waals surface area contributed by atoms with Crippen LogP contribution in [0.1, 0.15) is 0 Å². The van der Waals surface area contributed by atoms with Crippen LogP contribution < -0.4 is 0 Å². The number of fused-ring (bicyclic) bond motifs is 2. The van der Waals surface area contributed by atoms with Gasteiger partial charge in [-0.15, -0.1) is 22.7 Å². The Kier molecular flexibility index (Phi) is 8.79. The first kappa shape index (κ1) is 34.2. The molecule has 3 aromatic heterocycles. The molecule has 0 unspecified atom stereocenters. The number of benzene rings is 3. The Morgan fingerprint density at radius 2 is 1.00 bits per heavy atom. The maximum atomic E-state index is 13.2. The third-order valence-corrected chi connectivity index (χ3v) is 11.9. The van der Waals surface area contributed by atoms with E-state index in [0.29, 0.717) is 64.2 Å². The summed E-state index contributed by atoms with van der Waals surface area (Å²) in [4.78, 5) is 22.3. The van der Waals surface area contributed by atoms with Crippen LogP contribution in [0, 0.1) is 20.2 Å². The van der Waals surface area contributed by atoms with E-state index in [2.05, 4.69) is 17.5 Å². The molecular weight excluding hydrogens is 791 g/mol. The molecule has 10 nitrogen and oxygen atoms in total. The van der Waals surface area contributed by atoms with Crippen molar-refractivity contribution >= 4 is 103 Å². The molecule has 0 radical (unpaired) electrons. The largest absolute Gasteiger partial charge is 0.446 e. The number of rotatable bonds is 8. The number of hydrogen-bond donors (Lipinski definition) is 0. The second kappa shape index (κ2) is 12.8. The normalized spacial score (nSPS) is 12.8. The zero-order chi connectivity index (χ0) is 35.5. The Morgan fingerprint density at radius 1 is 0.600 bits per heavy atom. The number of hydrogen-bond acceptors (Lipinski definition) is 13. The first-order chi connectivity index (χ1) is 23.7. The predicted molar refractivity (Wildman–Crippen MR) is 184 cm³/mol. The van der Waals surface area contributed by atoms with Gasteiger partial charge in [-0.25, -0.2) is 0 Å². The number of nitrogens with zero attached hydrogens (tertiary/aromatic N) is 6. The Hall–Kier alpha value is -4.22. The summed E-state index contributed by atoms with van der Waals surface area (Å²) in [6.07, 6.45) is 0. The second-order valence-electron chi connectivity index (χ2n) is 9.98. The Balaban J connectivity index is 1.29. The molecule has 1 aliphatic rings. The molecule has 50 heavy (non-hydrogen) atoms. The average molecular weight is 801 g/mol. The minimum absolute atomic E-state index is 0.338. The lowest BCUT2D eigenvalue weighted by molar-refractivity contribution is -0.387. The van der Waals surface area contributed by atoms with Crippen LogP contribution in [0.3, 0.4) is 0 Å². The van der Waals surface area contributed by atoms with E-state index in [0.717, 1.165) is 47.3 Å². The van der Waals surface area contributed by atoms with Crippen molar-refractivity contribution in [3.63, 3.8) is 0 Å². The minimum Gasteiger partial charge on any atom is -0.258 e. The fourth-order valence-corrected chi connectivity index (χ4v) is 9.61. The minimum atomic E-state index is -4.74. The van der Waals surface area contributed by atoms with Crippen LogP contribution in [0.25, 0.3) is 52.8 Å². The van der Waals surface area contributed by atoms with Gasteiger partial charge in [-0.2, -0.15) is 43.8 Å². The van der Waals surface area contributed by atoms with Crippen molar-refractivity contribution in [3.8, 4) is 41.8 Å². The van der Waals surface area contributed by atoms with Crippen molar-refractivity contribution in [1.29, 1.82) is 0 Å². The molecule has 0 aliphatic carbocycles. The van der Waals surface area contributed by atoms with Crippen molar-refractivity contribution in [3.05, 3.63) is 80.9 Å². The highest BCUT2D eigenvalue weighted by molar-refractivity contribution is 8.00. The average Bonchev–Trinajstić information content (AvgIpc) is 3.85. The molecule has 0 saturated heterocycles. The van der Waals surface area contributed by atoms with Gasteiger partial charge in [0.2, 0.25) is 0 Å². The van der Waals surface area contributed by atoms with Gasteiger partial charge in [0.15, 0.2) is 0 Å². The molecule has 22 heteroatoms. The van der Waals surface area contributed by atoms with E-state index in [1.54, 1.807) is 24.3 Å². The molecule has 0 N–H and O–H groups in total. The summed E-state index contributed by atoms with van der Waals surface area (Å²) in [7, 11) is 0. The van der Waals surface area contributed by atoms with E-state index in [1.165, 1.54) is 34.8 Å². The van der Waals surface area contributed by atoms with Gasteiger partial charge in [0.25, 0.3) is 11.4 Å². The number of thiophene rings is 2. The Labute approximate surface area is 298 Å². The number of halogens is 6. The molecule has 0 fully saturated rings. The molecule has 0 atom stereocenters. The lowest BCUT2D eigenvalue weighted by Gasteiger charge is -2.10. The zero-order valence-electron chi connectivity index (χ0n) is 23.8. The summed E-state index contributed by atoms with van der Waals surface area (Å²) in [5.41, 5.74) is -7.13. The SMILES string of the molecule is O=[N+]([O-])c1ccc(-c2ccc(-c3c4c(c(-c5ccc(-c6ccc([N+](=O)[O-])c(SC(F)(F)F)c6)s5)c5nsnc35)N=S=N4)s2)cc1SC(F)(F)F. The van der Waals surface area contributed by atoms with Crippen LogP contribution in [-0.2, 0) is 11.4 Å². The summed E-state index contributed by atoms with van der Waals surface area (Å²) in [6.45, 7) is 0. The second-order valence-corrected chi connectivity index (χ2v) is 15.4. The van der Waals surface area contributed by atoms with Gasteiger partial charge in [0, 0.05) is 42.8 Å². The van der Waals surface area contributed by atoms with Crippen LogP contribution in [0.2, 0.25) is 0 Å². The fourth-order valence-electron chi connectivity index (χ4n) is 5.03. The highest BCUT2D eigenvalue weighted by atomic mass is 32.2. The molecule has 4 heterocycles.